The Hall–Kier alpha value is -2.64. The number of ether oxygens (including phenoxy) is 1. The molecular weight excluding hydrogens is 344 g/mol. The van der Waals surface area contributed by atoms with Gasteiger partial charge in [-0.3, -0.25) is 14.6 Å². The number of aromatic nitrogens is 1. The average Bonchev–Trinajstić information content (AvgIpc) is 3.16. The highest BCUT2D eigenvalue weighted by Gasteiger charge is 2.20. The van der Waals surface area contributed by atoms with Crippen molar-refractivity contribution < 1.29 is 14.1 Å². The number of rotatable bonds is 8. The van der Waals surface area contributed by atoms with E-state index in [9.17, 15) is 4.79 Å². The lowest BCUT2D eigenvalue weighted by molar-refractivity contribution is -0.122. The Bertz CT molecular complexity index is 766. The van der Waals surface area contributed by atoms with E-state index >= 15 is 0 Å². The zero-order valence-electron chi connectivity index (χ0n) is 15.7. The SMILES string of the molecule is C=CCNC(=O)CN1CCN(Cc2cc(-c3ccccc3OC)no2)CC1. The van der Waals surface area contributed by atoms with Crippen LogP contribution in [0.4, 0.5) is 0 Å². The highest BCUT2D eigenvalue weighted by atomic mass is 16.5. The second-order valence-corrected chi connectivity index (χ2v) is 6.52. The molecule has 3 rings (SSSR count). The van der Waals surface area contributed by atoms with E-state index in [-0.39, 0.29) is 5.91 Å². The van der Waals surface area contributed by atoms with Crippen LogP contribution in [-0.4, -0.2) is 67.2 Å². The Morgan fingerprint density at radius 1 is 1.30 bits per heavy atom. The maximum Gasteiger partial charge on any atom is 0.234 e. The number of nitrogens with zero attached hydrogens (tertiary/aromatic N) is 3. The minimum atomic E-state index is 0.0417. The molecule has 0 aliphatic carbocycles. The van der Waals surface area contributed by atoms with Crippen molar-refractivity contribution in [2.45, 2.75) is 6.54 Å². The molecule has 2 heterocycles. The molecule has 1 aliphatic heterocycles. The summed E-state index contributed by atoms with van der Waals surface area (Å²) in [6, 6.07) is 9.73. The molecule has 1 saturated heterocycles. The van der Waals surface area contributed by atoms with Crippen molar-refractivity contribution in [3.63, 3.8) is 0 Å². The van der Waals surface area contributed by atoms with Crippen LogP contribution in [0.5, 0.6) is 5.75 Å². The van der Waals surface area contributed by atoms with Gasteiger partial charge in [-0.2, -0.15) is 0 Å². The van der Waals surface area contributed by atoms with E-state index in [0.29, 0.717) is 19.6 Å². The number of carbonyl (C=O) groups is 1. The maximum absolute atomic E-state index is 11.8. The zero-order chi connectivity index (χ0) is 19.1. The van der Waals surface area contributed by atoms with Crippen LogP contribution >= 0.6 is 0 Å². The summed E-state index contributed by atoms with van der Waals surface area (Å²) < 4.78 is 10.9. The number of benzene rings is 1. The van der Waals surface area contributed by atoms with E-state index in [1.807, 2.05) is 30.3 Å². The third-order valence-corrected chi connectivity index (χ3v) is 4.60. The molecule has 1 aromatic carbocycles. The zero-order valence-corrected chi connectivity index (χ0v) is 15.7. The summed E-state index contributed by atoms with van der Waals surface area (Å²) in [5, 5.41) is 7.00. The number of piperazine rings is 1. The van der Waals surface area contributed by atoms with Gasteiger partial charge in [0.1, 0.15) is 11.4 Å². The Balaban J connectivity index is 1.51. The lowest BCUT2D eigenvalue weighted by Crippen LogP contribution is -2.49. The van der Waals surface area contributed by atoms with Gasteiger partial charge in [-0.15, -0.1) is 6.58 Å². The molecule has 27 heavy (non-hydrogen) atoms. The molecule has 7 nitrogen and oxygen atoms in total. The summed E-state index contributed by atoms with van der Waals surface area (Å²) in [6.07, 6.45) is 1.69. The molecule has 0 atom stereocenters. The number of methoxy groups -OCH3 is 1. The van der Waals surface area contributed by atoms with Gasteiger partial charge in [0.25, 0.3) is 0 Å². The normalized spacial score (nSPS) is 15.4. The molecule has 1 aliphatic rings. The fourth-order valence-corrected chi connectivity index (χ4v) is 3.14. The first-order valence-electron chi connectivity index (χ1n) is 9.11. The van der Waals surface area contributed by atoms with Crippen LogP contribution in [-0.2, 0) is 11.3 Å². The lowest BCUT2D eigenvalue weighted by atomic mass is 10.1. The minimum absolute atomic E-state index is 0.0417. The molecule has 0 spiro atoms. The Morgan fingerprint density at radius 2 is 2.04 bits per heavy atom. The third-order valence-electron chi connectivity index (χ3n) is 4.60. The van der Waals surface area contributed by atoms with Crippen LogP contribution in [0.25, 0.3) is 11.3 Å². The van der Waals surface area contributed by atoms with Crippen LogP contribution in [0, 0.1) is 0 Å². The molecule has 1 amide bonds. The maximum atomic E-state index is 11.8. The summed E-state index contributed by atoms with van der Waals surface area (Å²) in [5.74, 6) is 1.65. The van der Waals surface area contributed by atoms with Crippen molar-refractivity contribution in [3.8, 4) is 17.0 Å². The smallest absolute Gasteiger partial charge is 0.234 e. The monoisotopic (exact) mass is 370 g/mol. The largest absolute Gasteiger partial charge is 0.496 e. The molecule has 0 unspecified atom stereocenters. The molecule has 0 bridgehead atoms. The predicted octanol–water partition coefficient (Wildman–Crippen LogP) is 1.77. The molecule has 1 aromatic heterocycles. The first kappa shape index (κ1) is 19.1. The van der Waals surface area contributed by atoms with Crippen molar-refractivity contribution in [3.05, 3.63) is 48.7 Å². The van der Waals surface area contributed by atoms with Gasteiger partial charge in [0.2, 0.25) is 5.91 Å². The van der Waals surface area contributed by atoms with E-state index < -0.39 is 0 Å². The van der Waals surface area contributed by atoms with Gasteiger partial charge in [0, 0.05) is 44.4 Å². The van der Waals surface area contributed by atoms with Crippen LogP contribution < -0.4 is 10.1 Å². The van der Waals surface area contributed by atoms with Crippen LogP contribution in [0.2, 0.25) is 0 Å². The highest BCUT2D eigenvalue weighted by Crippen LogP contribution is 2.29. The summed E-state index contributed by atoms with van der Waals surface area (Å²) in [4.78, 5) is 16.3. The molecule has 0 radical (unpaired) electrons. The number of carbonyl (C=O) groups excluding carboxylic acids is 1. The van der Waals surface area contributed by atoms with Crippen LogP contribution in [0.15, 0.2) is 47.5 Å². The summed E-state index contributed by atoms with van der Waals surface area (Å²) in [5.41, 5.74) is 1.70. The standard InChI is InChI=1S/C20H26N4O3/c1-3-8-21-20(25)15-24-11-9-23(10-12-24)14-16-13-18(22-27-16)17-6-4-5-7-19(17)26-2/h3-7,13H,1,8-12,14-15H2,2H3,(H,21,25). The number of hydrogen-bond donors (Lipinski definition) is 1. The number of nitrogens with one attached hydrogen (secondary N) is 1. The topological polar surface area (TPSA) is 70.8 Å². The van der Waals surface area contributed by atoms with Crippen molar-refractivity contribution >= 4 is 5.91 Å². The molecule has 1 N–H and O–H groups in total. The molecule has 1 fully saturated rings. The Labute approximate surface area is 159 Å². The molecule has 144 valence electrons. The van der Waals surface area contributed by atoms with Gasteiger partial charge < -0.3 is 14.6 Å². The number of para-hydroxylation sites is 1. The summed E-state index contributed by atoms with van der Waals surface area (Å²) in [7, 11) is 1.65. The molecule has 0 saturated carbocycles. The summed E-state index contributed by atoms with van der Waals surface area (Å²) in [6.45, 7) is 8.75. The first-order valence-corrected chi connectivity index (χ1v) is 9.11. The quantitative estimate of drug-likeness (QED) is 0.714. The Morgan fingerprint density at radius 3 is 2.78 bits per heavy atom. The van der Waals surface area contributed by atoms with Crippen molar-refractivity contribution in [2.24, 2.45) is 0 Å². The first-order chi connectivity index (χ1) is 13.2. The Kier molecular flexibility index (Phi) is 6.62. The van der Waals surface area contributed by atoms with Gasteiger partial charge in [-0.05, 0) is 12.1 Å². The van der Waals surface area contributed by atoms with Crippen LogP contribution in [0.1, 0.15) is 5.76 Å². The lowest BCUT2D eigenvalue weighted by Gasteiger charge is -2.33. The number of amides is 1. The second kappa shape index (κ2) is 9.34. The molecule has 7 heteroatoms. The molecule has 2 aromatic rings. The summed E-state index contributed by atoms with van der Waals surface area (Å²) >= 11 is 0. The minimum Gasteiger partial charge on any atom is -0.496 e. The number of hydrogen-bond acceptors (Lipinski definition) is 6. The third kappa shape index (κ3) is 5.18. The van der Waals surface area contributed by atoms with Gasteiger partial charge in [-0.1, -0.05) is 23.4 Å². The fourth-order valence-electron chi connectivity index (χ4n) is 3.14. The predicted molar refractivity (Wildman–Crippen MR) is 103 cm³/mol. The van der Waals surface area contributed by atoms with E-state index in [0.717, 1.165) is 48.9 Å². The van der Waals surface area contributed by atoms with Gasteiger partial charge in [0.15, 0.2) is 5.76 Å². The van der Waals surface area contributed by atoms with Crippen molar-refractivity contribution in [1.82, 2.24) is 20.3 Å². The van der Waals surface area contributed by atoms with E-state index in [4.69, 9.17) is 9.26 Å². The highest BCUT2D eigenvalue weighted by molar-refractivity contribution is 5.78. The molecular formula is C20H26N4O3. The van der Waals surface area contributed by atoms with Crippen molar-refractivity contribution in [2.75, 3.05) is 46.4 Å². The van der Waals surface area contributed by atoms with Gasteiger partial charge >= 0.3 is 0 Å². The second-order valence-electron chi connectivity index (χ2n) is 6.52. The van der Waals surface area contributed by atoms with Gasteiger partial charge in [-0.25, -0.2) is 0 Å². The average molecular weight is 370 g/mol. The van der Waals surface area contributed by atoms with Crippen LogP contribution in [0.3, 0.4) is 0 Å². The van der Waals surface area contributed by atoms with E-state index in [1.165, 1.54) is 0 Å². The fraction of sp³-hybridized carbons (Fsp3) is 0.400. The van der Waals surface area contributed by atoms with Crippen molar-refractivity contribution in [1.29, 1.82) is 0 Å². The van der Waals surface area contributed by atoms with E-state index in [1.54, 1.807) is 13.2 Å². The van der Waals surface area contributed by atoms with E-state index in [2.05, 4.69) is 26.9 Å². The van der Waals surface area contributed by atoms with Gasteiger partial charge in [0.05, 0.1) is 20.2 Å².